The van der Waals surface area contributed by atoms with Gasteiger partial charge in [-0.15, -0.1) is 11.3 Å². The van der Waals surface area contributed by atoms with E-state index >= 15 is 0 Å². The molecule has 0 spiro atoms. The van der Waals surface area contributed by atoms with E-state index in [1.807, 2.05) is 73.0 Å². The molecule has 0 bridgehead atoms. The third-order valence-corrected chi connectivity index (χ3v) is 6.98. The largest absolute Gasteiger partial charge is 0.494 e. The maximum absolute atomic E-state index is 13.6. The van der Waals surface area contributed by atoms with Crippen molar-refractivity contribution < 1.29 is 19.1 Å². The second kappa shape index (κ2) is 11.3. The molecule has 178 valence electrons. The van der Waals surface area contributed by atoms with Crippen LogP contribution in [0, 0.1) is 0 Å². The van der Waals surface area contributed by atoms with Crippen molar-refractivity contribution in [2.75, 3.05) is 33.4 Å². The van der Waals surface area contributed by atoms with Gasteiger partial charge in [0.05, 0.1) is 25.2 Å². The van der Waals surface area contributed by atoms with Crippen molar-refractivity contribution in [3.63, 3.8) is 0 Å². The van der Waals surface area contributed by atoms with Crippen LogP contribution >= 0.6 is 11.3 Å². The fraction of sp³-hybridized carbons (Fsp3) is 0.333. The molecule has 1 aliphatic heterocycles. The van der Waals surface area contributed by atoms with Crippen LogP contribution in [0.1, 0.15) is 45.2 Å². The van der Waals surface area contributed by atoms with Gasteiger partial charge in [0, 0.05) is 30.6 Å². The second-order valence-corrected chi connectivity index (χ2v) is 9.11. The van der Waals surface area contributed by atoms with E-state index in [0.717, 1.165) is 21.8 Å². The molecule has 2 aromatic carbocycles. The van der Waals surface area contributed by atoms with Gasteiger partial charge in [-0.2, -0.15) is 0 Å². The zero-order valence-electron chi connectivity index (χ0n) is 19.5. The Bertz CT molecular complexity index is 1100. The average molecular weight is 479 g/mol. The van der Waals surface area contributed by atoms with E-state index in [0.29, 0.717) is 38.3 Å². The highest BCUT2D eigenvalue weighted by atomic mass is 32.1. The van der Waals surface area contributed by atoms with Gasteiger partial charge in [0.25, 0.3) is 5.91 Å². The van der Waals surface area contributed by atoms with Gasteiger partial charge in [-0.05, 0) is 54.1 Å². The van der Waals surface area contributed by atoms with Crippen LogP contribution < -0.4 is 10.1 Å². The lowest BCUT2D eigenvalue weighted by Gasteiger charge is -2.41. The molecule has 1 N–H and O–H groups in total. The zero-order valence-corrected chi connectivity index (χ0v) is 20.3. The van der Waals surface area contributed by atoms with Gasteiger partial charge < -0.3 is 19.7 Å². The molecular weight excluding hydrogens is 448 g/mol. The lowest BCUT2D eigenvalue weighted by Crippen LogP contribution is -2.48. The summed E-state index contributed by atoms with van der Waals surface area (Å²) in [7, 11) is 1.62. The lowest BCUT2D eigenvalue weighted by molar-refractivity contribution is -0.124. The smallest absolute Gasteiger partial charge is 0.254 e. The third kappa shape index (κ3) is 5.16. The molecular formula is C27H30N2O4S. The number of nitrogens with one attached hydrogen (secondary N) is 1. The standard InChI is InChI=1S/C27H30N2O4S/c1-3-33-20-12-10-19(11-13-20)14-15-28-26(30)24-21-7-4-5-8-22(21)27(31)29(16-17-32-2)25(24)23-9-6-18-34-23/h4-13,18,24-25H,3,14-17H2,1-2H3,(H,28,30)/t24-,25-/m0/s1. The number of hydrogen-bond donors (Lipinski definition) is 1. The summed E-state index contributed by atoms with van der Waals surface area (Å²) in [6.45, 7) is 3.92. The highest BCUT2D eigenvalue weighted by molar-refractivity contribution is 7.10. The van der Waals surface area contributed by atoms with E-state index in [1.165, 1.54) is 0 Å². The first-order valence-corrected chi connectivity index (χ1v) is 12.4. The van der Waals surface area contributed by atoms with Crippen molar-refractivity contribution in [3.8, 4) is 5.75 Å². The average Bonchev–Trinajstić information content (AvgIpc) is 3.39. The number of nitrogens with zero attached hydrogens (tertiary/aromatic N) is 1. The van der Waals surface area contributed by atoms with Crippen LogP contribution in [-0.4, -0.2) is 50.1 Å². The first kappa shape index (κ1) is 24.0. The minimum Gasteiger partial charge on any atom is -0.494 e. The van der Waals surface area contributed by atoms with E-state index in [1.54, 1.807) is 23.3 Å². The van der Waals surface area contributed by atoms with Crippen LogP contribution in [0.15, 0.2) is 66.0 Å². The molecule has 3 aromatic rings. The Morgan fingerprint density at radius 3 is 2.59 bits per heavy atom. The molecule has 7 heteroatoms. The molecule has 6 nitrogen and oxygen atoms in total. The first-order valence-electron chi connectivity index (χ1n) is 11.6. The van der Waals surface area contributed by atoms with Crippen molar-refractivity contribution in [1.82, 2.24) is 10.2 Å². The highest BCUT2D eigenvalue weighted by Gasteiger charge is 2.44. The van der Waals surface area contributed by atoms with Gasteiger partial charge in [-0.1, -0.05) is 36.4 Å². The van der Waals surface area contributed by atoms with Crippen LogP contribution in [0.3, 0.4) is 0 Å². The summed E-state index contributed by atoms with van der Waals surface area (Å²) in [5.74, 6) is 0.203. The Balaban J connectivity index is 1.57. The van der Waals surface area contributed by atoms with Gasteiger partial charge >= 0.3 is 0 Å². The molecule has 0 saturated heterocycles. The minimum absolute atomic E-state index is 0.0653. The number of hydrogen-bond acceptors (Lipinski definition) is 5. The molecule has 1 aromatic heterocycles. The molecule has 0 saturated carbocycles. The number of methoxy groups -OCH3 is 1. The summed E-state index contributed by atoms with van der Waals surface area (Å²) in [5, 5.41) is 5.11. The minimum atomic E-state index is -0.496. The molecule has 0 aliphatic carbocycles. The van der Waals surface area contributed by atoms with Gasteiger partial charge in [-0.25, -0.2) is 0 Å². The van der Waals surface area contributed by atoms with Crippen molar-refractivity contribution >= 4 is 23.2 Å². The van der Waals surface area contributed by atoms with Crippen molar-refractivity contribution in [1.29, 1.82) is 0 Å². The number of amides is 2. The first-order chi connectivity index (χ1) is 16.6. The number of benzene rings is 2. The fourth-order valence-corrected chi connectivity index (χ4v) is 5.32. The molecule has 1 aliphatic rings. The maximum atomic E-state index is 13.6. The second-order valence-electron chi connectivity index (χ2n) is 8.13. The van der Waals surface area contributed by atoms with E-state index < -0.39 is 5.92 Å². The molecule has 0 fully saturated rings. The molecule has 0 unspecified atom stereocenters. The van der Waals surface area contributed by atoms with Crippen LogP contribution in [0.2, 0.25) is 0 Å². The summed E-state index contributed by atoms with van der Waals surface area (Å²) in [6, 6.07) is 19.0. The highest BCUT2D eigenvalue weighted by Crippen LogP contribution is 2.44. The Morgan fingerprint density at radius 2 is 1.88 bits per heavy atom. The predicted molar refractivity (Wildman–Crippen MR) is 133 cm³/mol. The molecule has 0 radical (unpaired) electrons. The van der Waals surface area contributed by atoms with Crippen LogP contribution in [0.25, 0.3) is 0 Å². The van der Waals surface area contributed by atoms with Gasteiger partial charge in [0.15, 0.2) is 0 Å². The topological polar surface area (TPSA) is 67.9 Å². The van der Waals surface area contributed by atoms with Crippen molar-refractivity contribution in [2.45, 2.75) is 25.3 Å². The third-order valence-electron chi connectivity index (χ3n) is 6.04. The summed E-state index contributed by atoms with van der Waals surface area (Å²) in [6.07, 6.45) is 0.711. The Hall–Kier alpha value is -3.16. The summed E-state index contributed by atoms with van der Waals surface area (Å²) in [5.41, 5.74) is 2.48. The molecule has 4 rings (SSSR count). The monoisotopic (exact) mass is 478 g/mol. The Kier molecular flexibility index (Phi) is 7.98. The number of ether oxygens (including phenoxy) is 2. The lowest BCUT2D eigenvalue weighted by atomic mass is 9.81. The number of carbonyl (C=O) groups is 2. The van der Waals surface area contributed by atoms with Crippen molar-refractivity contribution in [3.05, 3.63) is 87.6 Å². The predicted octanol–water partition coefficient (Wildman–Crippen LogP) is 4.43. The molecule has 2 atom stereocenters. The van der Waals surface area contributed by atoms with Gasteiger partial charge in [-0.3, -0.25) is 9.59 Å². The van der Waals surface area contributed by atoms with Crippen LogP contribution in [0.4, 0.5) is 0 Å². The van der Waals surface area contributed by atoms with Gasteiger partial charge in [0.1, 0.15) is 5.75 Å². The van der Waals surface area contributed by atoms with Crippen LogP contribution in [0.5, 0.6) is 5.75 Å². The normalized spacial score (nSPS) is 17.4. The van der Waals surface area contributed by atoms with Crippen LogP contribution in [-0.2, 0) is 16.0 Å². The Morgan fingerprint density at radius 1 is 1.09 bits per heavy atom. The molecule has 2 amide bonds. The number of thiophene rings is 1. The summed E-state index contributed by atoms with van der Waals surface area (Å²) < 4.78 is 10.8. The number of carbonyl (C=O) groups excluding carboxylic acids is 2. The van der Waals surface area contributed by atoms with E-state index in [-0.39, 0.29) is 17.9 Å². The molecule has 2 heterocycles. The van der Waals surface area contributed by atoms with E-state index in [9.17, 15) is 9.59 Å². The van der Waals surface area contributed by atoms with Gasteiger partial charge in [0.2, 0.25) is 5.91 Å². The summed E-state index contributed by atoms with van der Waals surface area (Å²) >= 11 is 1.56. The molecule has 34 heavy (non-hydrogen) atoms. The zero-order chi connectivity index (χ0) is 23.9. The SMILES string of the molecule is CCOc1ccc(CCNC(=O)[C@H]2c3ccccc3C(=O)N(CCOC)[C@H]2c2cccs2)cc1. The number of fused-ring (bicyclic) bond motifs is 1. The summed E-state index contributed by atoms with van der Waals surface area (Å²) in [4.78, 5) is 29.8. The fourth-order valence-electron chi connectivity index (χ4n) is 4.45. The quantitative estimate of drug-likeness (QED) is 0.468. The van der Waals surface area contributed by atoms with Crippen molar-refractivity contribution in [2.24, 2.45) is 0 Å². The van der Waals surface area contributed by atoms with E-state index in [2.05, 4.69) is 5.32 Å². The Labute approximate surface area is 204 Å². The maximum Gasteiger partial charge on any atom is 0.254 e. The number of rotatable bonds is 10. The van der Waals surface area contributed by atoms with E-state index in [4.69, 9.17) is 9.47 Å².